The first-order chi connectivity index (χ1) is 15.8. The van der Waals surface area contributed by atoms with Crippen LogP contribution in [0.25, 0.3) is 0 Å². The first-order valence-electron chi connectivity index (χ1n) is 11.2. The van der Waals surface area contributed by atoms with Gasteiger partial charge in [-0.25, -0.2) is 13.2 Å². The van der Waals surface area contributed by atoms with E-state index in [0.29, 0.717) is 18.5 Å². The van der Waals surface area contributed by atoms with Crippen LogP contribution >= 0.6 is 10.5 Å². The van der Waals surface area contributed by atoms with Gasteiger partial charge in [0.2, 0.25) is 5.91 Å². The van der Waals surface area contributed by atoms with E-state index in [1.54, 1.807) is 41.6 Å². The molecule has 1 heterocycles. The highest BCUT2D eigenvalue weighted by Crippen LogP contribution is 2.49. The number of amides is 2. The zero-order valence-corrected chi connectivity index (χ0v) is 20.8. The third-order valence-corrected chi connectivity index (χ3v) is 8.62. The van der Waals surface area contributed by atoms with E-state index >= 15 is 13.2 Å². The third-order valence-electron chi connectivity index (χ3n) is 6.91. The van der Waals surface area contributed by atoms with Crippen LogP contribution < -0.4 is 10.2 Å². The number of rotatable bonds is 4. The molecule has 8 heteroatoms. The molecule has 1 saturated heterocycles. The highest BCUT2D eigenvalue weighted by molar-refractivity contribution is 8.28. The molecule has 1 atom stereocenters. The van der Waals surface area contributed by atoms with Gasteiger partial charge < -0.3 is 4.90 Å². The van der Waals surface area contributed by atoms with E-state index in [4.69, 9.17) is 0 Å². The van der Waals surface area contributed by atoms with Gasteiger partial charge in [-0.2, -0.15) is 0 Å². The number of hydrogen-bond donors (Lipinski definition) is 1. The highest BCUT2D eigenvalue weighted by atomic mass is 32.2. The molecule has 0 saturated carbocycles. The molecule has 2 amide bonds. The zero-order chi connectivity index (χ0) is 25.0. The first kappa shape index (κ1) is 24.5. The quantitative estimate of drug-likeness (QED) is 0.438. The Balaban J connectivity index is 1.65. The minimum Gasteiger partial charge on any atom is -0.370 e. The molecular formula is C26H29F3N2O2S. The van der Waals surface area contributed by atoms with Crippen molar-refractivity contribution in [1.82, 2.24) is 5.32 Å². The van der Waals surface area contributed by atoms with Crippen LogP contribution in [0.15, 0.2) is 24.3 Å². The van der Waals surface area contributed by atoms with Crippen molar-refractivity contribution in [2.75, 3.05) is 17.7 Å². The number of anilines is 1. The smallest absolute Gasteiger partial charge is 0.280 e. The molecule has 2 aromatic rings. The van der Waals surface area contributed by atoms with Crippen LogP contribution in [0.5, 0.6) is 0 Å². The van der Waals surface area contributed by atoms with Crippen molar-refractivity contribution in [1.29, 1.82) is 0 Å². The molecule has 0 radical (unpaired) electrons. The Morgan fingerprint density at radius 3 is 2.03 bits per heavy atom. The number of imide groups is 1. The summed E-state index contributed by atoms with van der Waals surface area (Å²) >= 11 is 0. The summed E-state index contributed by atoms with van der Waals surface area (Å²) in [6, 6.07) is 7.09. The lowest BCUT2D eigenvalue weighted by Gasteiger charge is -2.42. The van der Waals surface area contributed by atoms with Crippen LogP contribution in [0, 0.1) is 17.5 Å². The monoisotopic (exact) mass is 490 g/mol. The SMILES string of the molecule is CN(Cc1c(F)c(F)c2c(c1F)C(C)(C)CCC2(C)C)c1ccc(/C=S2\CC(=O)NC2=O)cc1. The predicted octanol–water partition coefficient (Wildman–Crippen LogP) is 5.76. The molecule has 0 bridgehead atoms. The molecule has 182 valence electrons. The standard InChI is InChI=1S/C26H29F3N2O2S/c1-25(2)10-11-26(3,4)20-19(25)21(27)17(22(28)23(20)29)12-31(5)16-8-6-15(7-9-16)13-34-14-18(32)30-24(34)33/h6-9,13H,10-12,14H2,1-5H3,(H,30,32,33). The lowest BCUT2D eigenvalue weighted by molar-refractivity contribution is -0.117. The van der Waals surface area contributed by atoms with Gasteiger partial charge >= 0.3 is 0 Å². The van der Waals surface area contributed by atoms with Crippen LogP contribution in [0.2, 0.25) is 0 Å². The van der Waals surface area contributed by atoms with Gasteiger partial charge in [-0.3, -0.25) is 14.9 Å². The van der Waals surface area contributed by atoms with E-state index in [1.807, 2.05) is 27.7 Å². The molecule has 1 fully saturated rings. The Morgan fingerprint density at radius 1 is 0.941 bits per heavy atom. The normalized spacial score (nSPS) is 20.9. The molecule has 1 N–H and O–H groups in total. The minimum absolute atomic E-state index is 0.136. The predicted molar refractivity (Wildman–Crippen MR) is 131 cm³/mol. The Hall–Kier alpha value is -2.61. The molecule has 1 aliphatic carbocycles. The number of carbonyl (C=O) groups excluding carboxylic acids is 2. The molecular weight excluding hydrogens is 461 g/mol. The summed E-state index contributed by atoms with van der Waals surface area (Å²) in [7, 11) is 0.884. The molecule has 1 aliphatic heterocycles. The average Bonchev–Trinajstić information content (AvgIpc) is 3.08. The number of fused-ring (bicyclic) bond motifs is 1. The van der Waals surface area contributed by atoms with Crippen molar-refractivity contribution >= 4 is 32.7 Å². The summed E-state index contributed by atoms with van der Waals surface area (Å²) in [6.45, 7) is 7.28. The van der Waals surface area contributed by atoms with Gasteiger partial charge in [0.25, 0.3) is 5.24 Å². The summed E-state index contributed by atoms with van der Waals surface area (Å²) in [4.78, 5) is 24.8. The van der Waals surface area contributed by atoms with Crippen LogP contribution in [0.3, 0.4) is 0 Å². The second-order valence-corrected chi connectivity index (χ2v) is 12.2. The van der Waals surface area contributed by atoms with Crippen molar-refractivity contribution in [2.45, 2.75) is 57.9 Å². The van der Waals surface area contributed by atoms with E-state index in [0.717, 1.165) is 5.56 Å². The fourth-order valence-electron chi connectivity index (χ4n) is 4.81. The topological polar surface area (TPSA) is 49.4 Å². The second kappa shape index (κ2) is 8.56. The molecule has 4 nitrogen and oxygen atoms in total. The van der Waals surface area contributed by atoms with E-state index in [1.165, 1.54) is 0 Å². The van der Waals surface area contributed by atoms with Crippen LogP contribution in [-0.4, -0.2) is 29.3 Å². The molecule has 34 heavy (non-hydrogen) atoms. The Bertz CT molecular complexity index is 1220. The van der Waals surface area contributed by atoms with Crippen LogP contribution in [-0.2, 0) is 22.2 Å². The number of benzene rings is 2. The number of nitrogens with zero attached hydrogens (tertiary/aromatic N) is 1. The van der Waals surface area contributed by atoms with Gasteiger partial charge in [-0.05, 0) is 46.7 Å². The number of carbonyl (C=O) groups is 2. The van der Waals surface area contributed by atoms with E-state index in [9.17, 15) is 9.59 Å². The third kappa shape index (κ3) is 4.28. The molecule has 0 aromatic heterocycles. The minimum atomic E-state index is -1.13. The van der Waals surface area contributed by atoms with Crippen molar-refractivity contribution in [3.8, 4) is 0 Å². The van der Waals surface area contributed by atoms with Crippen molar-refractivity contribution in [3.63, 3.8) is 0 Å². The number of hydrogen-bond acceptors (Lipinski definition) is 3. The van der Waals surface area contributed by atoms with Gasteiger partial charge in [0.05, 0.1) is 5.75 Å². The summed E-state index contributed by atoms with van der Waals surface area (Å²) in [5.41, 5.74) is 0.373. The lowest BCUT2D eigenvalue weighted by atomic mass is 9.62. The summed E-state index contributed by atoms with van der Waals surface area (Å²) in [5, 5.41) is 3.73. The number of nitrogens with one attached hydrogen (secondary N) is 1. The van der Waals surface area contributed by atoms with Crippen molar-refractivity contribution in [3.05, 3.63) is 64.0 Å². The van der Waals surface area contributed by atoms with Crippen molar-refractivity contribution in [2.24, 2.45) is 0 Å². The summed E-state index contributed by atoms with van der Waals surface area (Å²) < 4.78 is 46.2. The average molecular weight is 491 g/mol. The molecule has 2 aliphatic rings. The van der Waals surface area contributed by atoms with Gasteiger partial charge in [0, 0.05) is 36.0 Å². The summed E-state index contributed by atoms with van der Waals surface area (Å²) in [6.07, 6.45) is 1.34. The van der Waals surface area contributed by atoms with E-state index < -0.39 is 38.8 Å². The largest absolute Gasteiger partial charge is 0.370 e. The Morgan fingerprint density at radius 2 is 1.50 bits per heavy atom. The molecule has 0 spiro atoms. The Kier molecular flexibility index (Phi) is 6.17. The lowest BCUT2D eigenvalue weighted by Crippen LogP contribution is -2.37. The van der Waals surface area contributed by atoms with Crippen LogP contribution in [0.1, 0.15) is 62.8 Å². The zero-order valence-electron chi connectivity index (χ0n) is 20.0. The maximum atomic E-state index is 15.8. The van der Waals surface area contributed by atoms with Gasteiger partial charge in [0.15, 0.2) is 11.6 Å². The van der Waals surface area contributed by atoms with Gasteiger partial charge in [-0.1, -0.05) is 50.3 Å². The van der Waals surface area contributed by atoms with E-state index in [2.05, 4.69) is 5.32 Å². The molecule has 4 rings (SSSR count). The van der Waals surface area contributed by atoms with Gasteiger partial charge in [-0.15, -0.1) is 0 Å². The van der Waals surface area contributed by atoms with Gasteiger partial charge in [0.1, 0.15) is 5.82 Å². The second-order valence-electron chi connectivity index (χ2n) is 10.4. The molecule has 1 unspecified atom stereocenters. The Labute approximate surface area is 200 Å². The summed E-state index contributed by atoms with van der Waals surface area (Å²) in [5.74, 6) is -2.88. The highest BCUT2D eigenvalue weighted by Gasteiger charge is 2.43. The molecule has 2 aromatic carbocycles. The maximum absolute atomic E-state index is 15.8. The first-order valence-corrected chi connectivity index (χ1v) is 12.7. The fourth-order valence-corrected chi connectivity index (χ4v) is 6.22. The fraction of sp³-hybridized carbons (Fsp3) is 0.423. The van der Waals surface area contributed by atoms with Crippen LogP contribution in [0.4, 0.5) is 23.7 Å². The number of halogens is 3. The van der Waals surface area contributed by atoms with E-state index in [-0.39, 0.29) is 40.1 Å². The maximum Gasteiger partial charge on any atom is 0.280 e. The van der Waals surface area contributed by atoms with Crippen molar-refractivity contribution < 1.29 is 22.8 Å².